The molecule has 6 nitrogen and oxygen atoms in total. The van der Waals surface area contributed by atoms with Gasteiger partial charge in [0.25, 0.3) is 0 Å². The monoisotopic (exact) mass is 365 g/mol. The molecule has 0 bridgehead atoms. The quantitative estimate of drug-likeness (QED) is 0.660. The van der Waals surface area contributed by atoms with E-state index in [-0.39, 0.29) is 12.5 Å². The first-order valence-corrected chi connectivity index (χ1v) is 9.08. The number of carbonyl (C=O) groups excluding carboxylic acids is 1. The minimum Gasteiger partial charge on any atom is -0.494 e. The Morgan fingerprint density at radius 2 is 1.74 bits per heavy atom. The molecule has 0 saturated heterocycles. The lowest BCUT2D eigenvalue weighted by molar-refractivity contribution is -0.120. The Labute approximate surface area is 158 Å². The largest absolute Gasteiger partial charge is 0.494 e. The molecule has 27 heavy (non-hydrogen) atoms. The van der Waals surface area contributed by atoms with Crippen LogP contribution in [-0.4, -0.2) is 22.7 Å². The number of hydrogen-bond donors (Lipinski definition) is 1. The van der Waals surface area contributed by atoms with E-state index in [2.05, 4.69) is 22.4 Å². The lowest BCUT2D eigenvalue weighted by Gasteiger charge is -2.04. The number of rotatable bonds is 8. The Kier molecular flexibility index (Phi) is 6.20. The van der Waals surface area contributed by atoms with E-state index in [0.29, 0.717) is 24.7 Å². The Morgan fingerprint density at radius 1 is 1.04 bits per heavy atom. The Bertz CT molecular complexity index is 870. The molecule has 3 aromatic rings. The van der Waals surface area contributed by atoms with Gasteiger partial charge in [-0.05, 0) is 48.7 Å². The first-order chi connectivity index (χ1) is 13.2. The van der Waals surface area contributed by atoms with Crippen LogP contribution in [0.2, 0.25) is 0 Å². The third-order valence-corrected chi connectivity index (χ3v) is 4.12. The summed E-state index contributed by atoms with van der Waals surface area (Å²) in [5.41, 5.74) is 3.06. The summed E-state index contributed by atoms with van der Waals surface area (Å²) in [6.07, 6.45) is 1.31. The molecule has 3 rings (SSSR count). The summed E-state index contributed by atoms with van der Waals surface area (Å²) in [5.74, 6) is 1.57. The molecule has 0 fully saturated rings. The molecule has 0 radical (unpaired) electrons. The van der Waals surface area contributed by atoms with Crippen LogP contribution in [0.25, 0.3) is 11.4 Å². The molecule has 0 unspecified atom stereocenters. The van der Waals surface area contributed by atoms with Crippen molar-refractivity contribution in [1.29, 1.82) is 0 Å². The molecule has 1 aromatic heterocycles. The van der Waals surface area contributed by atoms with E-state index in [1.54, 1.807) is 0 Å². The van der Waals surface area contributed by atoms with Gasteiger partial charge < -0.3 is 14.6 Å². The number of nitrogens with zero attached hydrogens (tertiary/aromatic N) is 2. The SMILES string of the molecule is CCOc1ccc(-c2noc(CNC(=O)Cc3ccc(CC)cc3)n2)cc1. The van der Waals surface area contributed by atoms with E-state index >= 15 is 0 Å². The molecule has 0 saturated carbocycles. The average molecular weight is 365 g/mol. The van der Waals surface area contributed by atoms with Crippen LogP contribution >= 0.6 is 0 Å². The van der Waals surface area contributed by atoms with Crippen molar-refractivity contribution in [3.63, 3.8) is 0 Å². The molecule has 1 heterocycles. The summed E-state index contributed by atoms with van der Waals surface area (Å²) in [7, 11) is 0. The highest BCUT2D eigenvalue weighted by molar-refractivity contribution is 5.78. The first-order valence-electron chi connectivity index (χ1n) is 9.08. The van der Waals surface area contributed by atoms with Gasteiger partial charge in [-0.1, -0.05) is 36.3 Å². The summed E-state index contributed by atoms with van der Waals surface area (Å²) in [6.45, 7) is 4.87. The van der Waals surface area contributed by atoms with Crippen LogP contribution in [0.1, 0.15) is 30.9 Å². The molecular weight excluding hydrogens is 342 g/mol. The highest BCUT2D eigenvalue weighted by Gasteiger charge is 2.10. The maximum absolute atomic E-state index is 12.1. The predicted octanol–water partition coefficient (Wildman–Crippen LogP) is 3.56. The van der Waals surface area contributed by atoms with Crippen molar-refractivity contribution in [3.8, 4) is 17.1 Å². The van der Waals surface area contributed by atoms with Crippen LogP contribution in [0, 0.1) is 0 Å². The molecular formula is C21H23N3O3. The zero-order chi connectivity index (χ0) is 19.1. The summed E-state index contributed by atoms with van der Waals surface area (Å²) in [6, 6.07) is 15.5. The van der Waals surface area contributed by atoms with E-state index in [1.807, 2.05) is 55.5 Å². The number of nitrogens with one attached hydrogen (secondary N) is 1. The van der Waals surface area contributed by atoms with Gasteiger partial charge in [-0.25, -0.2) is 0 Å². The molecule has 0 aliphatic carbocycles. The minimum absolute atomic E-state index is 0.0833. The highest BCUT2D eigenvalue weighted by atomic mass is 16.5. The van der Waals surface area contributed by atoms with Gasteiger partial charge >= 0.3 is 0 Å². The second-order valence-corrected chi connectivity index (χ2v) is 6.09. The topological polar surface area (TPSA) is 77.3 Å². The van der Waals surface area contributed by atoms with Gasteiger partial charge in [0.1, 0.15) is 5.75 Å². The Hall–Kier alpha value is -3.15. The number of aromatic nitrogens is 2. The summed E-state index contributed by atoms with van der Waals surface area (Å²) < 4.78 is 10.6. The van der Waals surface area contributed by atoms with Gasteiger partial charge in [0.2, 0.25) is 17.6 Å². The number of aryl methyl sites for hydroxylation is 1. The predicted molar refractivity (Wildman–Crippen MR) is 102 cm³/mol. The fraction of sp³-hybridized carbons (Fsp3) is 0.286. The smallest absolute Gasteiger partial charge is 0.246 e. The fourth-order valence-electron chi connectivity index (χ4n) is 2.63. The Morgan fingerprint density at radius 3 is 2.41 bits per heavy atom. The van der Waals surface area contributed by atoms with Gasteiger partial charge in [-0.2, -0.15) is 4.98 Å². The maximum atomic E-state index is 12.1. The van der Waals surface area contributed by atoms with Crippen LogP contribution < -0.4 is 10.1 Å². The van der Waals surface area contributed by atoms with Gasteiger partial charge in [0.05, 0.1) is 19.6 Å². The second kappa shape index (κ2) is 8.98. The highest BCUT2D eigenvalue weighted by Crippen LogP contribution is 2.20. The van der Waals surface area contributed by atoms with Gasteiger partial charge in [-0.15, -0.1) is 0 Å². The van der Waals surface area contributed by atoms with Crippen LogP contribution in [0.3, 0.4) is 0 Å². The van der Waals surface area contributed by atoms with E-state index in [4.69, 9.17) is 9.26 Å². The zero-order valence-corrected chi connectivity index (χ0v) is 15.6. The lowest BCUT2D eigenvalue weighted by atomic mass is 10.1. The standard InChI is InChI=1S/C21H23N3O3/c1-3-15-5-7-16(8-6-15)13-19(25)22-14-20-23-21(24-27-20)17-9-11-18(12-10-17)26-4-2/h5-12H,3-4,13-14H2,1-2H3,(H,22,25). The molecule has 0 atom stereocenters. The van der Waals surface area contributed by atoms with E-state index in [0.717, 1.165) is 23.3 Å². The molecule has 0 aliphatic rings. The average Bonchev–Trinajstić information content (AvgIpc) is 3.17. The number of benzene rings is 2. The molecule has 0 aliphatic heterocycles. The molecule has 1 N–H and O–H groups in total. The normalized spacial score (nSPS) is 10.6. The van der Waals surface area contributed by atoms with Crippen molar-refractivity contribution in [1.82, 2.24) is 15.5 Å². The summed E-state index contributed by atoms with van der Waals surface area (Å²) in [5, 5.41) is 6.78. The third kappa shape index (κ3) is 5.17. The molecule has 1 amide bonds. The van der Waals surface area contributed by atoms with E-state index in [1.165, 1.54) is 5.56 Å². The third-order valence-electron chi connectivity index (χ3n) is 4.12. The van der Waals surface area contributed by atoms with Gasteiger partial charge in [0.15, 0.2) is 0 Å². The summed E-state index contributed by atoms with van der Waals surface area (Å²) >= 11 is 0. The van der Waals surface area contributed by atoms with E-state index in [9.17, 15) is 4.79 Å². The Balaban J connectivity index is 1.53. The van der Waals surface area contributed by atoms with Gasteiger partial charge in [0, 0.05) is 5.56 Å². The summed E-state index contributed by atoms with van der Waals surface area (Å²) in [4.78, 5) is 16.4. The van der Waals surface area contributed by atoms with Crippen molar-refractivity contribution >= 4 is 5.91 Å². The van der Waals surface area contributed by atoms with Crippen LogP contribution in [0.5, 0.6) is 5.75 Å². The van der Waals surface area contributed by atoms with Gasteiger partial charge in [-0.3, -0.25) is 4.79 Å². The first kappa shape index (κ1) is 18.6. The number of amides is 1. The zero-order valence-electron chi connectivity index (χ0n) is 15.6. The van der Waals surface area contributed by atoms with Crippen molar-refractivity contribution in [2.24, 2.45) is 0 Å². The van der Waals surface area contributed by atoms with E-state index < -0.39 is 0 Å². The number of hydrogen-bond acceptors (Lipinski definition) is 5. The number of ether oxygens (including phenoxy) is 1. The molecule has 0 spiro atoms. The lowest BCUT2D eigenvalue weighted by Crippen LogP contribution is -2.24. The molecule has 2 aromatic carbocycles. The van der Waals surface area contributed by atoms with Crippen LogP contribution in [0.15, 0.2) is 53.1 Å². The second-order valence-electron chi connectivity index (χ2n) is 6.09. The number of carbonyl (C=O) groups is 1. The minimum atomic E-state index is -0.0833. The van der Waals surface area contributed by atoms with Crippen molar-refractivity contribution in [3.05, 3.63) is 65.5 Å². The van der Waals surface area contributed by atoms with Crippen LogP contribution in [0.4, 0.5) is 0 Å². The van der Waals surface area contributed by atoms with Crippen molar-refractivity contribution in [2.45, 2.75) is 33.2 Å². The fourth-order valence-corrected chi connectivity index (χ4v) is 2.63. The van der Waals surface area contributed by atoms with Crippen molar-refractivity contribution in [2.75, 3.05) is 6.61 Å². The molecule has 140 valence electrons. The van der Waals surface area contributed by atoms with Crippen LogP contribution in [-0.2, 0) is 24.2 Å². The van der Waals surface area contributed by atoms with Crippen molar-refractivity contribution < 1.29 is 14.1 Å². The molecule has 6 heteroatoms. The maximum Gasteiger partial charge on any atom is 0.246 e.